The van der Waals surface area contributed by atoms with Crippen molar-refractivity contribution in [3.05, 3.63) is 66.2 Å². The van der Waals surface area contributed by atoms with Gasteiger partial charge >= 0.3 is 6.18 Å². The Morgan fingerprint density at radius 1 is 0.929 bits per heavy atom. The van der Waals surface area contributed by atoms with E-state index in [0.29, 0.717) is 16.7 Å². The maximum absolute atomic E-state index is 13.5. The molecular formula is C19H12F4N4O. The highest BCUT2D eigenvalue weighted by molar-refractivity contribution is 5.81. The monoisotopic (exact) mass is 388 g/mol. The van der Waals surface area contributed by atoms with Gasteiger partial charge in [0.15, 0.2) is 5.82 Å². The molecule has 0 aliphatic heterocycles. The van der Waals surface area contributed by atoms with Crippen LogP contribution in [0.4, 0.5) is 17.6 Å². The van der Waals surface area contributed by atoms with Gasteiger partial charge in [-0.3, -0.25) is 4.57 Å². The number of aromatic nitrogens is 4. The molecule has 0 N–H and O–H groups in total. The van der Waals surface area contributed by atoms with Gasteiger partial charge in [0.2, 0.25) is 5.82 Å². The van der Waals surface area contributed by atoms with Gasteiger partial charge in [-0.15, -0.1) is 10.2 Å². The molecule has 0 bridgehead atoms. The summed E-state index contributed by atoms with van der Waals surface area (Å²) in [6, 6.07) is 13.0. The summed E-state index contributed by atoms with van der Waals surface area (Å²) in [5, 5.41) is 7.58. The fourth-order valence-electron chi connectivity index (χ4n) is 2.83. The van der Waals surface area contributed by atoms with Crippen LogP contribution in [0.5, 0.6) is 5.75 Å². The Balaban J connectivity index is 1.92. The van der Waals surface area contributed by atoms with E-state index in [1.807, 2.05) is 0 Å². The van der Waals surface area contributed by atoms with Crippen molar-refractivity contribution in [2.75, 3.05) is 7.11 Å². The maximum atomic E-state index is 13.5. The van der Waals surface area contributed by atoms with Gasteiger partial charge in [0.05, 0.1) is 12.6 Å². The van der Waals surface area contributed by atoms with E-state index in [0.717, 1.165) is 4.57 Å². The molecule has 0 unspecified atom stereocenters. The molecule has 0 fully saturated rings. The van der Waals surface area contributed by atoms with Gasteiger partial charge in [-0.05, 0) is 48.5 Å². The predicted octanol–water partition coefficient (Wildman–Crippen LogP) is 4.65. The zero-order valence-corrected chi connectivity index (χ0v) is 14.4. The number of fused-ring (bicyclic) bond motifs is 1. The predicted molar refractivity (Wildman–Crippen MR) is 93.6 cm³/mol. The van der Waals surface area contributed by atoms with Gasteiger partial charge in [-0.25, -0.2) is 9.37 Å². The summed E-state index contributed by atoms with van der Waals surface area (Å²) in [5.74, 6) is -1.18. The van der Waals surface area contributed by atoms with Crippen LogP contribution in [-0.4, -0.2) is 26.9 Å². The van der Waals surface area contributed by atoms with Crippen LogP contribution >= 0.6 is 0 Å². The Bertz CT molecular complexity index is 1150. The first kappa shape index (κ1) is 17.9. The minimum absolute atomic E-state index is 0.0799. The first-order chi connectivity index (χ1) is 13.4. The van der Waals surface area contributed by atoms with Crippen LogP contribution in [0.1, 0.15) is 5.82 Å². The minimum atomic E-state index is -4.72. The molecule has 142 valence electrons. The Morgan fingerprint density at radius 3 is 2.36 bits per heavy atom. The molecule has 0 spiro atoms. The van der Waals surface area contributed by atoms with E-state index in [-0.39, 0.29) is 17.2 Å². The highest BCUT2D eigenvalue weighted by Crippen LogP contribution is 2.33. The van der Waals surface area contributed by atoms with E-state index in [2.05, 4.69) is 15.2 Å². The Hall–Kier alpha value is -3.49. The molecule has 0 atom stereocenters. The zero-order valence-electron chi connectivity index (χ0n) is 14.4. The average molecular weight is 388 g/mol. The number of pyridine rings is 1. The van der Waals surface area contributed by atoms with Crippen molar-refractivity contribution in [3.63, 3.8) is 0 Å². The van der Waals surface area contributed by atoms with E-state index in [4.69, 9.17) is 4.74 Å². The molecule has 4 rings (SSSR count). The number of benzene rings is 2. The lowest BCUT2D eigenvalue weighted by Gasteiger charge is -2.13. The van der Waals surface area contributed by atoms with Crippen LogP contribution in [0.25, 0.3) is 28.1 Å². The Morgan fingerprint density at radius 2 is 1.68 bits per heavy atom. The van der Waals surface area contributed by atoms with Crippen LogP contribution in [0.2, 0.25) is 0 Å². The molecule has 0 amide bonds. The van der Waals surface area contributed by atoms with Gasteiger partial charge < -0.3 is 4.74 Å². The summed E-state index contributed by atoms with van der Waals surface area (Å²) in [6.07, 6.45) is -4.72. The Kier molecular flexibility index (Phi) is 4.21. The molecular weight excluding hydrogens is 376 g/mol. The van der Waals surface area contributed by atoms with Crippen LogP contribution < -0.4 is 4.74 Å². The number of ether oxygens (including phenoxy) is 1. The molecule has 0 saturated heterocycles. The van der Waals surface area contributed by atoms with Crippen molar-refractivity contribution < 1.29 is 22.3 Å². The topological polar surface area (TPSA) is 52.8 Å². The summed E-state index contributed by atoms with van der Waals surface area (Å²) < 4.78 is 59.8. The summed E-state index contributed by atoms with van der Waals surface area (Å²) in [5.41, 5.74) is 0.809. The first-order valence-electron chi connectivity index (χ1n) is 8.10. The van der Waals surface area contributed by atoms with Crippen LogP contribution in [0, 0.1) is 5.82 Å². The van der Waals surface area contributed by atoms with Gasteiger partial charge in [-0.2, -0.15) is 13.2 Å². The summed E-state index contributed by atoms with van der Waals surface area (Å²) >= 11 is 0. The molecule has 0 saturated carbocycles. The van der Waals surface area contributed by atoms with Crippen LogP contribution in [0.3, 0.4) is 0 Å². The highest BCUT2D eigenvalue weighted by atomic mass is 19.4. The third-order valence-corrected chi connectivity index (χ3v) is 4.13. The zero-order chi connectivity index (χ0) is 19.9. The lowest BCUT2D eigenvalue weighted by atomic mass is 10.2. The second kappa shape index (κ2) is 6.59. The molecule has 0 radical (unpaired) electrons. The third-order valence-electron chi connectivity index (χ3n) is 4.13. The number of halogens is 4. The van der Waals surface area contributed by atoms with Crippen molar-refractivity contribution in [2.24, 2.45) is 0 Å². The number of nitrogens with zero attached hydrogens (tertiary/aromatic N) is 4. The van der Waals surface area contributed by atoms with Gasteiger partial charge in [0.25, 0.3) is 0 Å². The van der Waals surface area contributed by atoms with Crippen molar-refractivity contribution in [1.82, 2.24) is 19.7 Å². The lowest BCUT2D eigenvalue weighted by Crippen LogP contribution is -2.14. The number of hydrogen-bond donors (Lipinski definition) is 0. The first-order valence-corrected chi connectivity index (χ1v) is 8.10. The number of hydrogen-bond acceptors (Lipinski definition) is 4. The minimum Gasteiger partial charge on any atom is -0.497 e. The fourth-order valence-corrected chi connectivity index (χ4v) is 2.83. The fraction of sp³-hybridized carbons (Fsp3) is 0.105. The molecule has 4 aromatic rings. The lowest BCUT2D eigenvalue weighted by molar-refractivity contribution is -0.146. The summed E-state index contributed by atoms with van der Waals surface area (Å²) in [4.78, 5) is 4.32. The molecule has 2 aromatic heterocycles. The molecule has 9 heteroatoms. The number of rotatable bonds is 3. The van der Waals surface area contributed by atoms with E-state index in [1.165, 1.54) is 55.6 Å². The van der Waals surface area contributed by atoms with Gasteiger partial charge in [-0.1, -0.05) is 6.07 Å². The standard InChI is InChI=1S/C19H12F4N4O/c1-28-14-6-4-13(5-7-14)27-17(25-26-18(27)19(21,22)23)16-8-2-11-10-12(20)3-9-15(11)24-16/h2-10H,1H3. The quantitative estimate of drug-likeness (QED) is 0.480. The van der Waals surface area contributed by atoms with Crippen molar-refractivity contribution in [3.8, 4) is 23.0 Å². The third kappa shape index (κ3) is 3.15. The highest BCUT2D eigenvalue weighted by Gasteiger charge is 2.39. The van der Waals surface area contributed by atoms with Crippen LogP contribution in [0.15, 0.2) is 54.6 Å². The maximum Gasteiger partial charge on any atom is 0.452 e. The molecule has 28 heavy (non-hydrogen) atoms. The van der Waals surface area contributed by atoms with Gasteiger partial charge in [0, 0.05) is 11.1 Å². The smallest absolute Gasteiger partial charge is 0.452 e. The summed E-state index contributed by atoms with van der Waals surface area (Å²) in [6.45, 7) is 0. The van der Waals surface area contributed by atoms with Crippen molar-refractivity contribution in [2.45, 2.75) is 6.18 Å². The van der Waals surface area contributed by atoms with Crippen molar-refractivity contribution in [1.29, 1.82) is 0 Å². The van der Waals surface area contributed by atoms with Gasteiger partial charge in [0.1, 0.15) is 17.3 Å². The Labute approximate surface area is 156 Å². The van der Waals surface area contributed by atoms with Crippen LogP contribution in [-0.2, 0) is 6.18 Å². The molecule has 2 aromatic carbocycles. The number of alkyl halides is 3. The molecule has 0 aliphatic rings. The van der Waals surface area contributed by atoms with Crippen molar-refractivity contribution >= 4 is 10.9 Å². The average Bonchev–Trinajstić information content (AvgIpc) is 3.13. The van der Waals surface area contributed by atoms with E-state index >= 15 is 0 Å². The number of methoxy groups -OCH3 is 1. The van der Waals surface area contributed by atoms with E-state index < -0.39 is 17.8 Å². The van der Waals surface area contributed by atoms with E-state index in [1.54, 1.807) is 6.07 Å². The normalized spacial score (nSPS) is 11.8. The largest absolute Gasteiger partial charge is 0.497 e. The second-order valence-corrected chi connectivity index (χ2v) is 5.91. The SMILES string of the molecule is COc1ccc(-n2c(-c3ccc4cc(F)ccc4n3)nnc2C(F)(F)F)cc1. The molecule has 2 heterocycles. The summed E-state index contributed by atoms with van der Waals surface area (Å²) in [7, 11) is 1.46. The van der Waals surface area contributed by atoms with E-state index in [9.17, 15) is 17.6 Å². The molecule has 0 aliphatic carbocycles. The second-order valence-electron chi connectivity index (χ2n) is 5.91. The molecule has 5 nitrogen and oxygen atoms in total.